The van der Waals surface area contributed by atoms with E-state index in [0.717, 1.165) is 10.6 Å². The summed E-state index contributed by atoms with van der Waals surface area (Å²) in [6.45, 7) is 0. The van der Waals surface area contributed by atoms with Crippen molar-refractivity contribution in [2.75, 3.05) is 17.7 Å². The molecule has 9 heteroatoms. The predicted molar refractivity (Wildman–Crippen MR) is 97.6 cm³/mol. The predicted octanol–water partition coefficient (Wildman–Crippen LogP) is 3.04. The number of rotatable bonds is 5. The Morgan fingerprint density at radius 1 is 1.35 bits per heavy atom. The van der Waals surface area contributed by atoms with E-state index >= 15 is 0 Å². The Kier molecular flexibility index (Phi) is 5.08. The van der Waals surface area contributed by atoms with Gasteiger partial charge in [-0.1, -0.05) is 12.1 Å². The van der Waals surface area contributed by atoms with Gasteiger partial charge in [-0.05, 0) is 18.2 Å². The second kappa shape index (κ2) is 7.44. The minimum atomic E-state index is -0.588. The molecule has 0 aromatic heterocycles. The molecule has 0 bridgehead atoms. The van der Waals surface area contributed by atoms with E-state index in [9.17, 15) is 19.7 Å². The lowest BCUT2D eigenvalue weighted by Crippen LogP contribution is -2.32. The molecule has 0 aliphatic carbocycles. The average molecular weight is 373 g/mol. The summed E-state index contributed by atoms with van der Waals surface area (Å²) < 4.78 is 5.12. The monoisotopic (exact) mass is 373 g/mol. The number of amides is 2. The van der Waals surface area contributed by atoms with Gasteiger partial charge in [-0.25, -0.2) is 0 Å². The fourth-order valence-corrected chi connectivity index (χ4v) is 3.61. The van der Waals surface area contributed by atoms with Gasteiger partial charge in [0.05, 0.1) is 28.7 Å². The summed E-state index contributed by atoms with van der Waals surface area (Å²) in [4.78, 5) is 35.8. The van der Waals surface area contributed by atoms with Crippen molar-refractivity contribution in [2.45, 2.75) is 16.6 Å². The van der Waals surface area contributed by atoms with Gasteiger partial charge >= 0.3 is 0 Å². The molecule has 0 spiro atoms. The maximum Gasteiger partial charge on any atom is 0.271 e. The van der Waals surface area contributed by atoms with Gasteiger partial charge < -0.3 is 15.4 Å². The molecule has 1 atom stereocenters. The van der Waals surface area contributed by atoms with Gasteiger partial charge in [-0.15, -0.1) is 11.8 Å². The van der Waals surface area contributed by atoms with Crippen LogP contribution in [0.1, 0.15) is 6.42 Å². The average Bonchev–Trinajstić information content (AvgIpc) is 2.62. The number of methoxy groups -OCH3 is 1. The lowest BCUT2D eigenvalue weighted by molar-refractivity contribution is -0.384. The number of anilines is 2. The molecule has 2 amide bonds. The quantitative estimate of drug-likeness (QED) is 0.616. The highest BCUT2D eigenvalue weighted by molar-refractivity contribution is 8.01. The van der Waals surface area contributed by atoms with Crippen LogP contribution in [-0.4, -0.2) is 29.1 Å². The first-order valence-electron chi connectivity index (χ1n) is 7.67. The van der Waals surface area contributed by atoms with Gasteiger partial charge in [-0.3, -0.25) is 19.7 Å². The summed E-state index contributed by atoms with van der Waals surface area (Å²) in [6, 6.07) is 11.3. The van der Waals surface area contributed by atoms with Crippen LogP contribution >= 0.6 is 11.8 Å². The van der Waals surface area contributed by atoms with Crippen molar-refractivity contribution < 1.29 is 19.2 Å². The highest BCUT2D eigenvalue weighted by Crippen LogP contribution is 2.37. The SMILES string of the molecule is COc1ccc([N+](=O)[O-])cc1NC(=O)C[C@@H]1Sc2ccccc2NC1=O. The molecule has 1 aliphatic rings. The van der Waals surface area contributed by atoms with Crippen molar-refractivity contribution in [2.24, 2.45) is 0 Å². The van der Waals surface area contributed by atoms with Gasteiger partial charge in [0.25, 0.3) is 5.69 Å². The molecule has 0 saturated heterocycles. The molecule has 0 fully saturated rings. The molecule has 0 radical (unpaired) electrons. The van der Waals surface area contributed by atoms with Crippen LogP contribution in [0, 0.1) is 10.1 Å². The molecule has 2 aromatic carbocycles. The van der Waals surface area contributed by atoms with Crippen LogP contribution in [-0.2, 0) is 9.59 Å². The van der Waals surface area contributed by atoms with Crippen molar-refractivity contribution in [3.63, 3.8) is 0 Å². The van der Waals surface area contributed by atoms with E-state index in [4.69, 9.17) is 4.74 Å². The van der Waals surface area contributed by atoms with Gasteiger partial charge in [0, 0.05) is 23.4 Å². The second-order valence-electron chi connectivity index (χ2n) is 5.49. The minimum Gasteiger partial charge on any atom is -0.495 e. The summed E-state index contributed by atoms with van der Waals surface area (Å²) in [5.74, 6) is -0.388. The summed E-state index contributed by atoms with van der Waals surface area (Å²) in [7, 11) is 1.40. The highest BCUT2D eigenvalue weighted by atomic mass is 32.2. The number of para-hydroxylation sites is 1. The second-order valence-corrected chi connectivity index (χ2v) is 6.73. The minimum absolute atomic E-state index is 0.0727. The number of hydrogen-bond acceptors (Lipinski definition) is 6. The van der Waals surface area contributed by atoms with Crippen LogP contribution in [0.3, 0.4) is 0 Å². The zero-order chi connectivity index (χ0) is 18.7. The molecule has 134 valence electrons. The molecule has 2 aromatic rings. The number of carbonyl (C=O) groups is 2. The number of non-ortho nitro benzene ring substituents is 1. The Balaban J connectivity index is 1.72. The van der Waals surface area contributed by atoms with Gasteiger partial charge in [-0.2, -0.15) is 0 Å². The third-order valence-corrected chi connectivity index (χ3v) is 5.02. The number of nitro groups is 1. The van der Waals surface area contributed by atoms with E-state index in [1.807, 2.05) is 18.2 Å². The summed E-state index contributed by atoms with van der Waals surface area (Å²) >= 11 is 1.31. The number of thioether (sulfide) groups is 1. The number of benzene rings is 2. The smallest absolute Gasteiger partial charge is 0.271 e. The summed E-state index contributed by atoms with van der Waals surface area (Å²) in [6.07, 6.45) is -0.0727. The Morgan fingerprint density at radius 2 is 2.12 bits per heavy atom. The van der Waals surface area contributed by atoms with Crippen LogP contribution < -0.4 is 15.4 Å². The Bertz CT molecular complexity index is 886. The Morgan fingerprint density at radius 3 is 2.85 bits per heavy atom. The number of nitro benzene ring substituents is 1. The number of nitrogens with one attached hydrogen (secondary N) is 2. The number of fused-ring (bicyclic) bond motifs is 1. The maximum atomic E-state index is 12.4. The normalized spacial score (nSPS) is 15.6. The van der Waals surface area contributed by atoms with Crippen molar-refractivity contribution in [1.82, 2.24) is 0 Å². The molecule has 2 N–H and O–H groups in total. The fourth-order valence-electron chi connectivity index (χ4n) is 2.50. The lowest BCUT2D eigenvalue weighted by atomic mass is 10.2. The molecule has 8 nitrogen and oxygen atoms in total. The summed E-state index contributed by atoms with van der Waals surface area (Å²) in [5, 5.41) is 15.7. The Labute approximate surface area is 153 Å². The molecule has 3 rings (SSSR count). The first-order chi connectivity index (χ1) is 12.5. The van der Waals surface area contributed by atoms with Gasteiger partial charge in [0.1, 0.15) is 5.75 Å². The largest absolute Gasteiger partial charge is 0.495 e. The number of ether oxygens (including phenoxy) is 1. The first-order valence-corrected chi connectivity index (χ1v) is 8.54. The zero-order valence-corrected chi connectivity index (χ0v) is 14.5. The van der Waals surface area contributed by atoms with Crippen LogP contribution in [0.5, 0.6) is 5.75 Å². The maximum absolute atomic E-state index is 12.4. The number of nitrogens with zero attached hydrogens (tertiary/aromatic N) is 1. The van der Waals surface area contributed by atoms with Crippen molar-refractivity contribution in [3.8, 4) is 5.75 Å². The van der Waals surface area contributed by atoms with Crippen molar-refractivity contribution in [3.05, 3.63) is 52.6 Å². The van der Waals surface area contributed by atoms with E-state index in [-0.39, 0.29) is 23.7 Å². The topological polar surface area (TPSA) is 111 Å². The molecule has 1 heterocycles. The van der Waals surface area contributed by atoms with E-state index in [1.165, 1.54) is 37.1 Å². The van der Waals surface area contributed by atoms with Crippen LogP contribution in [0.4, 0.5) is 17.1 Å². The molecule has 0 saturated carbocycles. The number of carbonyl (C=O) groups excluding carboxylic acids is 2. The van der Waals surface area contributed by atoms with E-state index < -0.39 is 16.1 Å². The van der Waals surface area contributed by atoms with Gasteiger partial charge in [0.2, 0.25) is 11.8 Å². The molecular formula is C17H15N3O5S. The van der Waals surface area contributed by atoms with Gasteiger partial charge in [0.15, 0.2) is 0 Å². The molecule has 26 heavy (non-hydrogen) atoms. The van der Waals surface area contributed by atoms with E-state index in [1.54, 1.807) is 6.07 Å². The van der Waals surface area contributed by atoms with Crippen molar-refractivity contribution >= 4 is 40.6 Å². The molecule has 0 unspecified atom stereocenters. The third-order valence-electron chi connectivity index (χ3n) is 3.75. The lowest BCUT2D eigenvalue weighted by Gasteiger charge is -2.23. The Hall–Kier alpha value is -3.07. The summed E-state index contributed by atoms with van der Waals surface area (Å²) in [5.41, 5.74) is 0.743. The third kappa shape index (κ3) is 3.77. The van der Waals surface area contributed by atoms with E-state index in [2.05, 4.69) is 10.6 Å². The van der Waals surface area contributed by atoms with Crippen molar-refractivity contribution in [1.29, 1.82) is 0 Å². The van der Waals surface area contributed by atoms with Crippen LogP contribution in [0.15, 0.2) is 47.4 Å². The standard InChI is InChI=1S/C17H15N3O5S/c1-25-13-7-6-10(20(23)24)8-12(13)18-16(21)9-15-17(22)19-11-4-2-3-5-14(11)26-15/h2-8,15H,9H2,1H3,(H,18,21)(H,19,22)/t15-/m0/s1. The fraction of sp³-hybridized carbons (Fsp3) is 0.176. The van der Waals surface area contributed by atoms with Crippen LogP contribution in [0.2, 0.25) is 0 Å². The molecular weight excluding hydrogens is 358 g/mol. The molecule has 1 aliphatic heterocycles. The zero-order valence-electron chi connectivity index (χ0n) is 13.7. The van der Waals surface area contributed by atoms with Crippen LogP contribution in [0.25, 0.3) is 0 Å². The first kappa shape index (κ1) is 17.7. The van der Waals surface area contributed by atoms with E-state index in [0.29, 0.717) is 5.75 Å². The number of hydrogen-bond donors (Lipinski definition) is 2. The highest BCUT2D eigenvalue weighted by Gasteiger charge is 2.29.